The monoisotopic (exact) mass is 534 g/mol. The Bertz CT molecular complexity index is 1570. The second kappa shape index (κ2) is 11.8. The molecule has 0 unspecified atom stereocenters. The zero-order chi connectivity index (χ0) is 27.2. The molecule has 0 bridgehead atoms. The van der Waals surface area contributed by atoms with E-state index in [0.29, 0.717) is 0 Å². The smallest absolute Gasteiger partial charge is 0.140 e. The molecule has 40 heavy (non-hydrogen) atoms. The Hall–Kier alpha value is -4.29. The fourth-order valence-electron chi connectivity index (χ4n) is 5.38. The maximum absolute atomic E-state index is 12.7. The Kier molecular flexibility index (Phi) is 7.69. The van der Waals surface area contributed by atoms with Gasteiger partial charge in [0, 0.05) is 6.16 Å². The molecule has 0 saturated heterocycles. The summed E-state index contributed by atoms with van der Waals surface area (Å²) < 4.78 is 0. The third-order valence-corrected chi connectivity index (χ3v) is 9.90. The normalized spacial score (nSPS) is 11.4. The van der Waals surface area contributed by atoms with Crippen molar-refractivity contribution >= 4 is 18.5 Å². The van der Waals surface area contributed by atoms with E-state index in [0.717, 1.165) is 34.0 Å². The first-order chi connectivity index (χ1) is 19.7. The molecule has 2 heteroatoms. The van der Waals surface area contributed by atoms with Crippen LogP contribution in [-0.2, 0) is 11.8 Å². The summed E-state index contributed by atoms with van der Waals surface area (Å²) in [5.41, 5.74) is 4.73. The molecule has 0 amide bonds. The first-order valence-electron chi connectivity index (χ1n) is 13.6. The van der Waals surface area contributed by atoms with E-state index in [-0.39, 0.29) is 0 Å². The van der Waals surface area contributed by atoms with Crippen LogP contribution in [0.2, 0.25) is 0 Å². The van der Waals surface area contributed by atoms with Crippen molar-refractivity contribution in [1.29, 1.82) is 0 Å². The van der Waals surface area contributed by atoms with Crippen LogP contribution in [-0.4, -0.2) is 5.11 Å². The summed E-state index contributed by atoms with van der Waals surface area (Å²) in [5, 5.41) is 15.4. The molecule has 1 N–H and O–H groups in total. The van der Waals surface area contributed by atoms with Crippen molar-refractivity contribution < 1.29 is 5.11 Å². The zero-order valence-electron chi connectivity index (χ0n) is 22.3. The van der Waals surface area contributed by atoms with Crippen molar-refractivity contribution in [3.05, 3.63) is 192 Å². The summed E-state index contributed by atoms with van der Waals surface area (Å²) in [6.45, 7) is 0. The van der Waals surface area contributed by atoms with Gasteiger partial charge in [-0.05, 0) is 58.0 Å². The zero-order valence-corrected chi connectivity index (χ0v) is 23.2. The Morgan fingerprint density at radius 3 is 1.32 bits per heavy atom. The largest absolute Gasteiger partial charge is 0.376 e. The van der Waals surface area contributed by atoms with Gasteiger partial charge < -0.3 is 5.11 Å². The van der Waals surface area contributed by atoms with Crippen LogP contribution in [0.5, 0.6) is 0 Å². The van der Waals surface area contributed by atoms with Crippen LogP contribution < -0.4 is 10.6 Å². The molecule has 0 aromatic heterocycles. The van der Waals surface area contributed by atoms with Crippen LogP contribution in [0, 0.1) is 0 Å². The van der Waals surface area contributed by atoms with Crippen LogP contribution in [0.15, 0.2) is 170 Å². The molecule has 0 aliphatic carbocycles. The van der Waals surface area contributed by atoms with Crippen LogP contribution in [0.1, 0.15) is 22.3 Å². The highest BCUT2D eigenvalue weighted by Gasteiger charge is 2.34. The molecule has 0 radical (unpaired) electrons. The van der Waals surface area contributed by atoms with Gasteiger partial charge in [-0.15, -0.1) is 0 Å². The molecule has 0 spiro atoms. The van der Waals surface area contributed by atoms with Crippen molar-refractivity contribution in [2.45, 2.75) is 11.8 Å². The van der Waals surface area contributed by atoms with Gasteiger partial charge in [-0.25, -0.2) is 0 Å². The molecule has 0 atom stereocenters. The second-order valence-electron chi connectivity index (χ2n) is 9.98. The molecule has 1 nitrogen and oxygen atoms in total. The molecule has 0 aliphatic rings. The van der Waals surface area contributed by atoms with Crippen molar-refractivity contribution in [1.82, 2.24) is 0 Å². The predicted octanol–water partition coefficient (Wildman–Crippen LogP) is 8.27. The van der Waals surface area contributed by atoms with Gasteiger partial charge in [-0.1, -0.05) is 164 Å². The summed E-state index contributed by atoms with van der Waals surface area (Å²) in [7, 11) is -0.647. The Morgan fingerprint density at radius 2 is 0.850 bits per heavy atom. The highest BCUT2D eigenvalue weighted by Crippen LogP contribution is 2.42. The van der Waals surface area contributed by atoms with Crippen LogP contribution in [0.25, 0.3) is 11.1 Å². The maximum Gasteiger partial charge on any atom is 0.140 e. The number of hydrogen-bond acceptors (Lipinski definition) is 1. The van der Waals surface area contributed by atoms with Crippen molar-refractivity contribution in [3.8, 4) is 11.1 Å². The van der Waals surface area contributed by atoms with E-state index < -0.39 is 13.5 Å². The SMILES string of the molecule is OC(c1ccccc1)(c1ccccc1)c1cc(CP(c2ccccc2)c2ccccc2)cc(-c2ccccc2)c1. The lowest BCUT2D eigenvalue weighted by molar-refractivity contribution is 0.125. The standard InChI is InChI=1S/C38H31OP/c39-38(33-18-8-2-9-19-33,34-20-10-3-11-21-34)35-27-30(26-32(28-35)31-16-6-1-7-17-31)29-40(36-22-12-4-13-23-36)37-24-14-5-15-25-37/h1-28,39H,29H2. The lowest BCUT2D eigenvalue weighted by atomic mass is 9.79. The van der Waals surface area contributed by atoms with Crippen molar-refractivity contribution in [3.63, 3.8) is 0 Å². The van der Waals surface area contributed by atoms with E-state index in [1.54, 1.807) is 0 Å². The van der Waals surface area contributed by atoms with Gasteiger partial charge in [0.1, 0.15) is 5.60 Å². The van der Waals surface area contributed by atoms with Gasteiger partial charge >= 0.3 is 0 Å². The minimum Gasteiger partial charge on any atom is -0.376 e. The van der Waals surface area contributed by atoms with E-state index in [1.807, 2.05) is 66.7 Å². The molecular weight excluding hydrogens is 503 g/mol. The van der Waals surface area contributed by atoms with E-state index in [9.17, 15) is 5.11 Å². The molecule has 0 fully saturated rings. The summed E-state index contributed by atoms with van der Waals surface area (Å²) in [5.74, 6) is 0. The van der Waals surface area contributed by atoms with Crippen LogP contribution >= 0.6 is 7.92 Å². The summed E-state index contributed by atoms with van der Waals surface area (Å²) in [6, 6.07) is 58.8. The predicted molar refractivity (Wildman–Crippen MR) is 170 cm³/mol. The summed E-state index contributed by atoms with van der Waals surface area (Å²) in [4.78, 5) is 0. The maximum atomic E-state index is 12.7. The van der Waals surface area contributed by atoms with E-state index in [2.05, 4.69) is 103 Å². The number of benzene rings is 6. The third kappa shape index (κ3) is 5.40. The summed E-state index contributed by atoms with van der Waals surface area (Å²) >= 11 is 0. The molecule has 6 aromatic rings. The first-order valence-corrected chi connectivity index (χ1v) is 15.2. The minimum atomic E-state index is -1.30. The third-order valence-electron chi connectivity index (χ3n) is 7.38. The molecule has 194 valence electrons. The molecule has 6 rings (SSSR count). The lowest BCUT2D eigenvalue weighted by Crippen LogP contribution is -2.29. The van der Waals surface area contributed by atoms with Crippen molar-refractivity contribution in [2.75, 3.05) is 0 Å². The fourth-order valence-corrected chi connectivity index (χ4v) is 7.65. The molecule has 0 aliphatic heterocycles. The van der Waals surface area contributed by atoms with Gasteiger partial charge in [-0.2, -0.15) is 0 Å². The van der Waals surface area contributed by atoms with Crippen LogP contribution in [0.4, 0.5) is 0 Å². The Balaban J connectivity index is 1.55. The van der Waals surface area contributed by atoms with Gasteiger partial charge in [0.2, 0.25) is 0 Å². The average molecular weight is 535 g/mol. The van der Waals surface area contributed by atoms with E-state index in [1.165, 1.54) is 16.2 Å². The Morgan fingerprint density at radius 1 is 0.425 bits per heavy atom. The van der Waals surface area contributed by atoms with Gasteiger partial charge in [0.05, 0.1) is 0 Å². The Labute approximate surface area is 238 Å². The molecule has 6 aromatic carbocycles. The second-order valence-corrected chi connectivity index (χ2v) is 12.2. The average Bonchev–Trinajstić information content (AvgIpc) is 3.05. The lowest BCUT2D eigenvalue weighted by Gasteiger charge is -2.31. The number of hydrogen-bond donors (Lipinski definition) is 1. The first kappa shape index (κ1) is 26.0. The highest BCUT2D eigenvalue weighted by molar-refractivity contribution is 7.72. The highest BCUT2D eigenvalue weighted by atomic mass is 31.1. The fraction of sp³-hybridized carbons (Fsp3) is 0.0526. The molecule has 0 heterocycles. The molecular formula is C38H31OP. The molecule has 0 saturated carbocycles. The topological polar surface area (TPSA) is 20.2 Å². The number of rotatable bonds is 8. The van der Waals surface area contributed by atoms with E-state index in [4.69, 9.17) is 0 Å². The van der Waals surface area contributed by atoms with Crippen molar-refractivity contribution in [2.24, 2.45) is 0 Å². The van der Waals surface area contributed by atoms with Gasteiger partial charge in [0.15, 0.2) is 0 Å². The van der Waals surface area contributed by atoms with Gasteiger partial charge in [0.25, 0.3) is 0 Å². The van der Waals surface area contributed by atoms with E-state index >= 15 is 0 Å². The van der Waals surface area contributed by atoms with Gasteiger partial charge in [-0.3, -0.25) is 0 Å². The van der Waals surface area contributed by atoms with Crippen LogP contribution in [0.3, 0.4) is 0 Å². The quantitative estimate of drug-likeness (QED) is 0.154. The number of aliphatic hydroxyl groups is 1. The summed E-state index contributed by atoms with van der Waals surface area (Å²) in [6.07, 6.45) is 0.872. The minimum absolute atomic E-state index is 0.647.